The molecular weight excluding hydrogens is 877 g/mol. The number of carbonyl (C=O) groups is 3. The summed E-state index contributed by atoms with van der Waals surface area (Å²) in [6.07, 6.45) is 83.2. The van der Waals surface area contributed by atoms with E-state index in [1.54, 1.807) is 0 Å². The fourth-order valence-corrected chi connectivity index (χ4v) is 7.09. The Labute approximate surface area is 436 Å². The summed E-state index contributed by atoms with van der Waals surface area (Å²) in [4.78, 5) is 37.7. The van der Waals surface area contributed by atoms with Crippen LogP contribution in [0.15, 0.2) is 146 Å². The molecule has 1 atom stereocenters. The van der Waals surface area contributed by atoms with Crippen LogP contribution in [0.5, 0.6) is 0 Å². The van der Waals surface area contributed by atoms with E-state index in [0.717, 1.165) is 180 Å². The maximum atomic E-state index is 12.7. The molecule has 0 aliphatic carbocycles. The minimum Gasteiger partial charge on any atom is -0.462 e. The van der Waals surface area contributed by atoms with Gasteiger partial charge in [-0.1, -0.05) is 231 Å². The Bertz CT molecular complexity index is 1590. The quantitative estimate of drug-likeness (QED) is 0.0262. The van der Waals surface area contributed by atoms with Gasteiger partial charge >= 0.3 is 17.9 Å². The Morgan fingerprint density at radius 1 is 0.296 bits per heavy atom. The first kappa shape index (κ1) is 66.3. The largest absolute Gasteiger partial charge is 0.462 e. The van der Waals surface area contributed by atoms with Crippen molar-refractivity contribution in [3.05, 3.63) is 146 Å². The zero-order valence-electron chi connectivity index (χ0n) is 45.4. The molecule has 0 aliphatic rings. The summed E-state index contributed by atoms with van der Waals surface area (Å²) in [5, 5.41) is 0. The summed E-state index contributed by atoms with van der Waals surface area (Å²) >= 11 is 0. The minimum atomic E-state index is -0.796. The second-order valence-corrected chi connectivity index (χ2v) is 18.1. The van der Waals surface area contributed by atoms with Gasteiger partial charge in [0, 0.05) is 19.3 Å². The standard InChI is InChI=1S/C65H102O6/c1-4-7-10-13-15-17-19-21-22-23-24-25-26-27-28-29-30-31-32-33-34-35-36-37-38-39-40-41-42-44-45-47-49-52-55-58-64(67)70-61-62(60-69-63(66)57-54-51-12-9-6-3)71-65(68)59-56-53-50-48-46-43-20-18-16-14-11-8-5-2/h7,10-11,14-15,17-18,20-22,24-25,27-28,30-31,33-34,36-37,39-40,42,44,62H,4-6,8-9,12-13,16,19,23,26,29,32,35,38,41,43,45-61H2,1-3H3/b10-7-,14-11-,17-15-,20-18-,22-21-,25-24-,28-27-,31-30-,34-33-,37-36-,40-39-,44-42-. The van der Waals surface area contributed by atoms with E-state index in [1.807, 2.05) is 0 Å². The number of ether oxygens (including phenoxy) is 3. The van der Waals surface area contributed by atoms with Crippen molar-refractivity contribution in [2.24, 2.45) is 0 Å². The number of carbonyl (C=O) groups excluding carboxylic acids is 3. The zero-order chi connectivity index (χ0) is 51.4. The van der Waals surface area contributed by atoms with Gasteiger partial charge in [-0.15, -0.1) is 0 Å². The van der Waals surface area contributed by atoms with Crippen LogP contribution < -0.4 is 0 Å². The highest BCUT2D eigenvalue weighted by molar-refractivity contribution is 5.71. The van der Waals surface area contributed by atoms with Crippen molar-refractivity contribution >= 4 is 17.9 Å². The predicted octanol–water partition coefficient (Wildman–Crippen LogP) is 19.2. The van der Waals surface area contributed by atoms with Gasteiger partial charge < -0.3 is 14.2 Å². The molecule has 6 heteroatoms. The van der Waals surface area contributed by atoms with Gasteiger partial charge in [-0.25, -0.2) is 0 Å². The van der Waals surface area contributed by atoms with Crippen LogP contribution in [0.3, 0.4) is 0 Å². The second kappa shape index (κ2) is 57.9. The molecule has 0 amide bonds. The van der Waals surface area contributed by atoms with Crippen molar-refractivity contribution in [3.8, 4) is 0 Å². The molecule has 0 spiro atoms. The summed E-state index contributed by atoms with van der Waals surface area (Å²) in [5.41, 5.74) is 0. The predicted molar refractivity (Wildman–Crippen MR) is 306 cm³/mol. The van der Waals surface area contributed by atoms with Gasteiger partial charge in [-0.05, 0) is 122 Å². The molecule has 0 N–H and O–H groups in total. The summed E-state index contributed by atoms with van der Waals surface area (Å²) in [7, 11) is 0. The monoisotopic (exact) mass is 979 g/mol. The SMILES string of the molecule is CC/C=C\C/C=C\C/C=C\C/C=C\C/C=C\C/C=C\C/C=C\C/C=C\C/C=C\C/C=C\CCCCCCC(=O)OCC(COC(=O)CCCCCCC)OC(=O)CCCCCCC/C=C\C/C=C\CCC. The highest BCUT2D eigenvalue weighted by atomic mass is 16.6. The number of hydrogen-bond acceptors (Lipinski definition) is 6. The lowest BCUT2D eigenvalue weighted by Gasteiger charge is -2.18. The Morgan fingerprint density at radius 2 is 0.577 bits per heavy atom. The molecule has 6 nitrogen and oxygen atoms in total. The van der Waals surface area contributed by atoms with Gasteiger partial charge in [0.1, 0.15) is 13.2 Å². The fraction of sp³-hybridized carbons (Fsp3) is 0.585. The van der Waals surface area contributed by atoms with Gasteiger partial charge in [-0.3, -0.25) is 14.4 Å². The molecule has 0 rings (SSSR count). The maximum Gasteiger partial charge on any atom is 0.306 e. The van der Waals surface area contributed by atoms with Crippen LogP contribution in [0, 0.1) is 0 Å². The van der Waals surface area contributed by atoms with Crippen molar-refractivity contribution in [1.82, 2.24) is 0 Å². The molecule has 71 heavy (non-hydrogen) atoms. The molecule has 0 heterocycles. The number of esters is 3. The van der Waals surface area contributed by atoms with Crippen LogP contribution in [0.4, 0.5) is 0 Å². The number of hydrogen-bond donors (Lipinski definition) is 0. The molecule has 398 valence electrons. The molecule has 0 radical (unpaired) electrons. The van der Waals surface area contributed by atoms with Gasteiger partial charge in [0.05, 0.1) is 0 Å². The molecule has 0 saturated carbocycles. The molecular formula is C65H102O6. The third-order valence-corrected chi connectivity index (χ3v) is 11.3. The van der Waals surface area contributed by atoms with E-state index >= 15 is 0 Å². The smallest absolute Gasteiger partial charge is 0.306 e. The van der Waals surface area contributed by atoms with Gasteiger partial charge in [0.2, 0.25) is 0 Å². The second-order valence-electron chi connectivity index (χ2n) is 18.1. The van der Waals surface area contributed by atoms with Crippen molar-refractivity contribution in [3.63, 3.8) is 0 Å². The Balaban J connectivity index is 4.14. The average Bonchev–Trinajstić information content (AvgIpc) is 3.37. The third-order valence-electron chi connectivity index (χ3n) is 11.3. The van der Waals surface area contributed by atoms with Crippen molar-refractivity contribution < 1.29 is 28.6 Å². The normalized spacial score (nSPS) is 13.2. The van der Waals surface area contributed by atoms with Crippen LogP contribution >= 0.6 is 0 Å². The molecule has 0 saturated heterocycles. The van der Waals surface area contributed by atoms with Gasteiger partial charge in [0.15, 0.2) is 6.10 Å². The minimum absolute atomic E-state index is 0.0970. The van der Waals surface area contributed by atoms with Crippen LogP contribution in [-0.2, 0) is 28.6 Å². The lowest BCUT2D eigenvalue weighted by molar-refractivity contribution is -0.167. The Kier molecular flexibility index (Phi) is 54.0. The van der Waals surface area contributed by atoms with Gasteiger partial charge in [-0.2, -0.15) is 0 Å². The first-order valence-corrected chi connectivity index (χ1v) is 28.3. The highest BCUT2D eigenvalue weighted by Crippen LogP contribution is 2.12. The van der Waals surface area contributed by atoms with Crippen molar-refractivity contribution in [1.29, 1.82) is 0 Å². The first-order valence-electron chi connectivity index (χ1n) is 28.3. The molecule has 0 bridgehead atoms. The number of rotatable bonds is 49. The zero-order valence-corrected chi connectivity index (χ0v) is 45.4. The summed E-state index contributed by atoms with van der Waals surface area (Å²) in [6, 6.07) is 0. The van der Waals surface area contributed by atoms with Crippen molar-refractivity contribution in [2.75, 3.05) is 13.2 Å². The maximum absolute atomic E-state index is 12.7. The van der Waals surface area contributed by atoms with Crippen LogP contribution in [0.2, 0.25) is 0 Å². The third kappa shape index (κ3) is 56.1. The van der Waals surface area contributed by atoms with Crippen LogP contribution in [0.25, 0.3) is 0 Å². The summed E-state index contributed by atoms with van der Waals surface area (Å²) < 4.78 is 16.6. The molecule has 0 aliphatic heterocycles. The fourth-order valence-electron chi connectivity index (χ4n) is 7.09. The number of unbranched alkanes of at least 4 members (excludes halogenated alkanes) is 14. The van der Waals surface area contributed by atoms with E-state index < -0.39 is 6.10 Å². The topological polar surface area (TPSA) is 78.9 Å². The van der Waals surface area contributed by atoms with Crippen molar-refractivity contribution in [2.45, 2.75) is 232 Å². The molecule has 1 unspecified atom stereocenters. The number of allylic oxidation sites excluding steroid dienone is 24. The van der Waals surface area contributed by atoms with E-state index in [0.29, 0.717) is 19.3 Å². The Hall–Kier alpha value is -4.71. The Morgan fingerprint density at radius 3 is 0.915 bits per heavy atom. The van der Waals surface area contributed by atoms with E-state index in [9.17, 15) is 14.4 Å². The van der Waals surface area contributed by atoms with E-state index in [4.69, 9.17) is 14.2 Å². The average molecular weight is 980 g/mol. The van der Waals surface area contributed by atoms with Crippen LogP contribution in [-0.4, -0.2) is 37.2 Å². The summed E-state index contributed by atoms with van der Waals surface area (Å²) in [6.45, 7) is 6.31. The molecule has 0 aromatic heterocycles. The molecule has 0 aromatic rings. The summed E-state index contributed by atoms with van der Waals surface area (Å²) in [5.74, 6) is -0.962. The lowest BCUT2D eigenvalue weighted by atomic mass is 10.1. The molecule has 0 aromatic carbocycles. The van der Waals surface area contributed by atoms with Gasteiger partial charge in [0.25, 0.3) is 0 Å². The van der Waals surface area contributed by atoms with E-state index in [1.165, 1.54) is 6.42 Å². The van der Waals surface area contributed by atoms with E-state index in [-0.39, 0.29) is 31.1 Å². The van der Waals surface area contributed by atoms with Crippen LogP contribution in [0.1, 0.15) is 226 Å². The molecule has 0 fully saturated rings. The first-order chi connectivity index (χ1) is 35.0. The lowest BCUT2D eigenvalue weighted by Crippen LogP contribution is -2.30. The van der Waals surface area contributed by atoms with E-state index in [2.05, 4.69) is 167 Å². The highest BCUT2D eigenvalue weighted by Gasteiger charge is 2.19.